The van der Waals surface area contributed by atoms with Gasteiger partial charge in [-0.05, 0) is 12.5 Å². The predicted octanol–water partition coefficient (Wildman–Crippen LogP) is 1.65. The zero-order valence-corrected chi connectivity index (χ0v) is 11.3. The lowest BCUT2D eigenvalue weighted by molar-refractivity contribution is -0.0672. The molecule has 4 nitrogen and oxygen atoms in total. The molecular formula is C14H24O4. The highest BCUT2D eigenvalue weighted by molar-refractivity contribution is 5.02. The average Bonchev–Trinajstić information content (AvgIpc) is 2.37. The van der Waals surface area contributed by atoms with E-state index in [4.69, 9.17) is 9.47 Å². The first-order valence-electron chi connectivity index (χ1n) is 5.94. The van der Waals surface area contributed by atoms with Crippen LogP contribution in [0.3, 0.4) is 0 Å². The van der Waals surface area contributed by atoms with Gasteiger partial charge in [0.1, 0.15) is 0 Å². The van der Waals surface area contributed by atoms with Crippen LogP contribution in [0.25, 0.3) is 0 Å². The van der Waals surface area contributed by atoms with Crippen LogP contribution in [0, 0.1) is 5.92 Å². The third kappa shape index (κ3) is 7.40. The Morgan fingerprint density at radius 1 is 1.06 bits per heavy atom. The van der Waals surface area contributed by atoms with Gasteiger partial charge in [-0.3, -0.25) is 0 Å². The molecule has 0 aliphatic rings. The van der Waals surface area contributed by atoms with E-state index in [1.165, 1.54) is 14.2 Å². The molecule has 0 aromatic rings. The molecule has 0 spiro atoms. The smallest absolute Gasteiger partial charge is 0.176 e. The lowest BCUT2D eigenvalue weighted by Gasteiger charge is -2.13. The molecule has 18 heavy (non-hydrogen) atoms. The Hall–Kier alpha value is -0.940. The first kappa shape index (κ1) is 17.1. The van der Waals surface area contributed by atoms with Crippen molar-refractivity contribution in [1.29, 1.82) is 0 Å². The number of ether oxygens (including phenoxy) is 2. The van der Waals surface area contributed by atoms with Crippen LogP contribution in [0.4, 0.5) is 0 Å². The van der Waals surface area contributed by atoms with E-state index in [0.717, 1.165) is 0 Å². The molecule has 0 rings (SSSR count). The summed E-state index contributed by atoms with van der Waals surface area (Å²) in [6.07, 6.45) is 7.20. The zero-order chi connectivity index (χ0) is 14.0. The van der Waals surface area contributed by atoms with Gasteiger partial charge in [0.2, 0.25) is 0 Å². The lowest BCUT2D eigenvalue weighted by Crippen LogP contribution is -2.16. The first-order chi connectivity index (χ1) is 8.54. The second-order valence-corrected chi connectivity index (χ2v) is 4.05. The van der Waals surface area contributed by atoms with Crippen molar-refractivity contribution in [1.82, 2.24) is 0 Å². The quantitative estimate of drug-likeness (QED) is 0.486. The van der Waals surface area contributed by atoms with E-state index >= 15 is 0 Å². The highest BCUT2D eigenvalue weighted by atomic mass is 16.7. The Morgan fingerprint density at radius 2 is 1.67 bits per heavy atom. The molecule has 0 amide bonds. The Labute approximate surface area is 109 Å². The second kappa shape index (κ2) is 10.0. The fourth-order valence-electron chi connectivity index (χ4n) is 1.30. The summed E-state index contributed by atoms with van der Waals surface area (Å²) in [5.41, 5.74) is 0. The van der Waals surface area contributed by atoms with Crippen molar-refractivity contribution in [3.05, 3.63) is 37.0 Å². The maximum atomic E-state index is 9.85. The van der Waals surface area contributed by atoms with E-state index in [2.05, 4.69) is 6.58 Å². The van der Waals surface area contributed by atoms with Crippen LogP contribution in [-0.2, 0) is 9.47 Å². The van der Waals surface area contributed by atoms with Gasteiger partial charge in [0.25, 0.3) is 0 Å². The van der Waals surface area contributed by atoms with Gasteiger partial charge >= 0.3 is 0 Å². The fourth-order valence-corrected chi connectivity index (χ4v) is 1.30. The molecule has 0 saturated heterocycles. The van der Waals surface area contributed by atoms with Gasteiger partial charge in [0, 0.05) is 20.1 Å². The molecule has 0 unspecified atom stereocenters. The van der Waals surface area contributed by atoms with Crippen molar-refractivity contribution < 1.29 is 19.7 Å². The molecule has 0 aromatic heterocycles. The van der Waals surface area contributed by atoms with Crippen LogP contribution < -0.4 is 0 Å². The average molecular weight is 256 g/mol. The number of rotatable bonds is 9. The van der Waals surface area contributed by atoms with Crippen molar-refractivity contribution in [2.75, 3.05) is 14.2 Å². The van der Waals surface area contributed by atoms with Gasteiger partial charge < -0.3 is 19.7 Å². The van der Waals surface area contributed by atoms with E-state index in [0.29, 0.717) is 6.42 Å². The van der Waals surface area contributed by atoms with E-state index in [1.54, 1.807) is 30.4 Å². The lowest BCUT2D eigenvalue weighted by atomic mass is 10.0. The molecule has 0 bridgehead atoms. The monoisotopic (exact) mass is 256 g/mol. The van der Waals surface area contributed by atoms with Crippen LogP contribution >= 0.6 is 0 Å². The summed E-state index contributed by atoms with van der Waals surface area (Å²) < 4.78 is 9.94. The summed E-state index contributed by atoms with van der Waals surface area (Å²) in [5.74, 6) is -0.102. The summed E-state index contributed by atoms with van der Waals surface area (Å²) in [5, 5.41) is 19.3. The Balaban J connectivity index is 4.24. The largest absolute Gasteiger partial charge is 0.389 e. The molecule has 0 aromatic carbocycles. The van der Waals surface area contributed by atoms with Crippen molar-refractivity contribution in [2.24, 2.45) is 5.92 Å². The van der Waals surface area contributed by atoms with Gasteiger partial charge in [-0.1, -0.05) is 31.2 Å². The van der Waals surface area contributed by atoms with Gasteiger partial charge in [0.15, 0.2) is 6.29 Å². The number of hydrogen-bond acceptors (Lipinski definition) is 4. The van der Waals surface area contributed by atoms with Crippen molar-refractivity contribution >= 4 is 0 Å². The van der Waals surface area contributed by atoms with Gasteiger partial charge in [-0.25, -0.2) is 0 Å². The summed E-state index contributed by atoms with van der Waals surface area (Å²) in [6, 6.07) is 0. The molecule has 2 N–H and O–H groups in total. The van der Waals surface area contributed by atoms with Crippen LogP contribution in [0.1, 0.15) is 13.3 Å². The van der Waals surface area contributed by atoms with Crippen molar-refractivity contribution in [3.63, 3.8) is 0 Å². The first-order valence-corrected chi connectivity index (χ1v) is 5.94. The summed E-state index contributed by atoms with van der Waals surface area (Å²) in [7, 11) is 3.06. The molecule has 0 aliphatic carbocycles. The highest BCUT2D eigenvalue weighted by Crippen LogP contribution is 2.09. The third-order valence-corrected chi connectivity index (χ3v) is 2.51. The molecule has 3 atom stereocenters. The van der Waals surface area contributed by atoms with Crippen LogP contribution in [-0.4, -0.2) is 42.9 Å². The number of aliphatic hydroxyl groups is 2. The van der Waals surface area contributed by atoms with E-state index in [9.17, 15) is 10.2 Å². The van der Waals surface area contributed by atoms with Gasteiger partial charge in [-0.2, -0.15) is 0 Å². The number of methoxy groups -OCH3 is 2. The third-order valence-electron chi connectivity index (χ3n) is 2.51. The number of hydrogen-bond donors (Lipinski definition) is 2. The topological polar surface area (TPSA) is 58.9 Å². The Bertz CT molecular complexity index is 269. The SMILES string of the molecule is C=CC[C@@H](O)C=C[C@H](C)[C@H](O)/C=C/C(OC)OC. The maximum absolute atomic E-state index is 9.85. The highest BCUT2D eigenvalue weighted by Gasteiger charge is 2.09. The fraction of sp³-hybridized carbons (Fsp3) is 0.571. The molecule has 104 valence electrons. The molecule has 0 heterocycles. The molecule has 0 fully saturated rings. The normalized spacial score (nSPS) is 17.4. The standard InChI is InChI=1S/C14H24O4/c1-5-6-12(15)8-7-11(2)13(16)9-10-14(17-3)18-4/h5,7-16H,1,6H2,2-4H3/b8-7?,10-9+/t11-,12+,13+/m0/s1. The Kier molecular flexibility index (Phi) is 9.50. The molecular weight excluding hydrogens is 232 g/mol. The molecule has 4 heteroatoms. The van der Waals surface area contributed by atoms with Crippen LogP contribution in [0.5, 0.6) is 0 Å². The minimum atomic E-state index is -0.648. The predicted molar refractivity (Wildman–Crippen MR) is 72.1 cm³/mol. The minimum absolute atomic E-state index is 0.102. The maximum Gasteiger partial charge on any atom is 0.176 e. The molecule has 0 saturated carbocycles. The van der Waals surface area contributed by atoms with Gasteiger partial charge in [-0.15, -0.1) is 6.58 Å². The van der Waals surface area contributed by atoms with Crippen molar-refractivity contribution in [2.45, 2.75) is 31.8 Å². The minimum Gasteiger partial charge on any atom is -0.389 e. The molecule has 0 aliphatic heterocycles. The van der Waals surface area contributed by atoms with E-state index < -0.39 is 18.5 Å². The summed E-state index contributed by atoms with van der Waals surface area (Å²) >= 11 is 0. The summed E-state index contributed by atoms with van der Waals surface area (Å²) in [6.45, 7) is 5.41. The van der Waals surface area contributed by atoms with Crippen molar-refractivity contribution in [3.8, 4) is 0 Å². The van der Waals surface area contributed by atoms with Crippen LogP contribution in [0.15, 0.2) is 37.0 Å². The molecule has 0 radical (unpaired) electrons. The van der Waals surface area contributed by atoms with E-state index in [1.807, 2.05) is 6.92 Å². The second-order valence-electron chi connectivity index (χ2n) is 4.05. The van der Waals surface area contributed by atoms with Crippen LogP contribution in [0.2, 0.25) is 0 Å². The zero-order valence-electron chi connectivity index (χ0n) is 11.3. The Morgan fingerprint density at radius 3 is 2.17 bits per heavy atom. The number of aliphatic hydroxyl groups excluding tert-OH is 2. The van der Waals surface area contributed by atoms with Gasteiger partial charge in [0.05, 0.1) is 12.2 Å². The van der Waals surface area contributed by atoms with E-state index in [-0.39, 0.29) is 5.92 Å². The summed E-state index contributed by atoms with van der Waals surface area (Å²) in [4.78, 5) is 0.